The van der Waals surface area contributed by atoms with Crippen LogP contribution < -0.4 is 4.74 Å². The lowest BCUT2D eigenvalue weighted by Crippen LogP contribution is -2.20. The maximum Gasteiger partial charge on any atom is 0.330 e. The van der Waals surface area contributed by atoms with E-state index in [0.717, 1.165) is 24.7 Å². The van der Waals surface area contributed by atoms with Gasteiger partial charge in [0.2, 0.25) is 0 Å². The highest BCUT2D eigenvalue weighted by molar-refractivity contribution is 5.81. The zero-order valence-electron chi connectivity index (χ0n) is 14.3. The van der Waals surface area contributed by atoms with Gasteiger partial charge in [-0.1, -0.05) is 49.9 Å². The van der Waals surface area contributed by atoms with Crippen LogP contribution in [0, 0.1) is 0 Å². The van der Waals surface area contributed by atoms with Gasteiger partial charge in [-0.15, -0.1) is 0 Å². The molecule has 24 heavy (non-hydrogen) atoms. The molecule has 0 aromatic heterocycles. The predicted octanol–water partition coefficient (Wildman–Crippen LogP) is 4.34. The number of rotatable bonds is 8. The van der Waals surface area contributed by atoms with E-state index in [-0.39, 0.29) is 6.10 Å². The van der Waals surface area contributed by atoms with Gasteiger partial charge in [0, 0.05) is 6.08 Å². The zero-order chi connectivity index (χ0) is 17.4. The molecular formula is C21H24O3. The van der Waals surface area contributed by atoms with Gasteiger partial charge in [-0.25, -0.2) is 4.79 Å². The second-order valence-corrected chi connectivity index (χ2v) is 5.75. The Morgan fingerprint density at radius 2 is 1.58 bits per heavy atom. The Balaban J connectivity index is 1.85. The van der Waals surface area contributed by atoms with Crippen LogP contribution in [-0.2, 0) is 22.4 Å². The highest BCUT2D eigenvalue weighted by Crippen LogP contribution is 2.16. The van der Waals surface area contributed by atoms with E-state index in [1.807, 2.05) is 12.1 Å². The third kappa shape index (κ3) is 5.58. The Morgan fingerprint density at radius 3 is 2.12 bits per heavy atom. The van der Waals surface area contributed by atoms with Crippen molar-refractivity contribution in [2.24, 2.45) is 0 Å². The standard InChI is InChI=1S/C21H24O3/c1-4-17-6-8-18(9-7-17)14-19-10-12-20(13-11-19)23-15-16(3)24-21(22)5-2/h5-13,16H,2,4,14-15H2,1,3H3. The molecule has 2 rings (SSSR count). The summed E-state index contributed by atoms with van der Waals surface area (Å²) >= 11 is 0. The first-order valence-corrected chi connectivity index (χ1v) is 8.23. The van der Waals surface area contributed by atoms with Crippen LogP contribution in [0.3, 0.4) is 0 Å². The molecule has 0 saturated heterocycles. The molecule has 1 atom stereocenters. The molecule has 3 nitrogen and oxygen atoms in total. The van der Waals surface area contributed by atoms with Crippen LogP contribution in [0.5, 0.6) is 5.75 Å². The van der Waals surface area contributed by atoms with Crippen LogP contribution in [0.1, 0.15) is 30.5 Å². The number of carbonyl (C=O) groups excluding carboxylic acids is 1. The number of aryl methyl sites for hydroxylation is 1. The predicted molar refractivity (Wildman–Crippen MR) is 96.3 cm³/mol. The molecule has 0 heterocycles. The lowest BCUT2D eigenvalue weighted by molar-refractivity contribution is -0.143. The number of benzene rings is 2. The average molecular weight is 324 g/mol. The zero-order valence-corrected chi connectivity index (χ0v) is 14.3. The maximum absolute atomic E-state index is 11.1. The number of esters is 1. The van der Waals surface area contributed by atoms with E-state index in [2.05, 4.69) is 49.9 Å². The van der Waals surface area contributed by atoms with E-state index in [9.17, 15) is 4.79 Å². The third-order valence-electron chi connectivity index (χ3n) is 3.73. The Hall–Kier alpha value is -2.55. The van der Waals surface area contributed by atoms with E-state index in [0.29, 0.717) is 6.61 Å². The highest BCUT2D eigenvalue weighted by Gasteiger charge is 2.07. The van der Waals surface area contributed by atoms with Crippen LogP contribution in [0.25, 0.3) is 0 Å². The molecule has 0 aliphatic rings. The minimum atomic E-state index is -0.435. The van der Waals surface area contributed by atoms with Gasteiger partial charge in [-0.2, -0.15) is 0 Å². The summed E-state index contributed by atoms with van der Waals surface area (Å²) in [7, 11) is 0. The molecule has 0 saturated carbocycles. The molecule has 2 aromatic rings. The van der Waals surface area contributed by atoms with Gasteiger partial charge in [0.1, 0.15) is 18.5 Å². The molecule has 0 amide bonds. The summed E-state index contributed by atoms with van der Waals surface area (Å²) in [4.78, 5) is 11.1. The van der Waals surface area contributed by atoms with Crippen LogP contribution >= 0.6 is 0 Å². The molecule has 126 valence electrons. The summed E-state index contributed by atoms with van der Waals surface area (Å²) in [6, 6.07) is 16.7. The summed E-state index contributed by atoms with van der Waals surface area (Å²) in [6.07, 6.45) is 2.80. The van der Waals surface area contributed by atoms with Crippen molar-refractivity contribution in [3.8, 4) is 5.75 Å². The summed E-state index contributed by atoms with van der Waals surface area (Å²) < 4.78 is 10.7. The van der Waals surface area contributed by atoms with Crippen molar-refractivity contribution in [2.75, 3.05) is 6.61 Å². The smallest absolute Gasteiger partial charge is 0.330 e. The summed E-state index contributed by atoms with van der Waals surface area (Å²) in [5.74, 6) is 0.331. The Morgan fingerprint density at radius 1 is 1.04 bits per heavy atom. The van der Waals surface area contributed by atoms with Crippen molar-refractivity contribution < 1.29 is 14.3 Å². The molecular weight excluding hydrogens is 300 g/mol. The van der Waals surface area contributed by atoms with E-state index in [1.165, 1.54) is 16.7 Å². The molecule has 0 bridgehead atoms. The van der Waals surface area contributed by atoms with Gasteiger partial charge < -0.3 is 9.47 Å². The van der Waals surface area contributed by atoms with Crippen molar-refractivity contribution in [2.45, 2.75) is 32.8 Å². The number of hydrogen-bond acceptors (Lipinski definition) is 3. The van der Waals surface area contributed by atoms with Crippen molar-refractivity contribution in [1.82, 2.24) is 0 Å². The summed E-state index contributed by atoms with van der Waals surface area (Å²) in [5, 5.41) is 0. The fourth-order valence-corrected chi connectivity index (χ4v) is 2.33. The van der Waals surface area contributed by atoms with Crippen LogP contribution in [-0.4, -0.2) is 18.7 Å². The van der Waals surface area contributed by atoms with Crippen LogP contribution in [0.4, 0.5) is 0 Å². The van der Waals surface area contributed by atoms with Crippen LogP contribution in [0.15, 0.2) is 61.2 Å². The number of carbonyl (C=O) groups is 1. The van der Waals surface area contributed by atoms with E-state index < -0.39 is 5.97 Å². The molecule has 0 radical (unpaired) electrons. The minimum Gasteiger partial charge on any atom is -0.490 e. The normalized spacial score (nSPS) is 11.6. The molecule has 0 spiro atoms. The Bertz CT molecular complexity index is 656. The van der Waals surface area contributed by atoms with Gasteiger partial charge >= 0.3 is 5.97 Å². The van der Waals surface area contributed by atoms with Crippen molar-refractivity contribution in [3.05, 3.63) is 77.9 Å². The van der Waals surface area contributed by atoms with E-state index in [1.54, 1.807) is 6.92 Å². The van der Waals surface area contributed by atoms with Gasteiger partial charge in [-0.05, 0) is 48.6 Å². The topological polar surface area (TPSA) is 35.5 Å². The van der Waals surface area contributed by atoms with Gasteiger partial charge in [0.05, 0.1) is 0 Å². The largest absolute Gasteiger partial charge is 0.490 e. The Labute approximate surface area is 143 Å². The molecule has 1 unspecified atom stereocenters. The van der Waals surface area contributed by atoms with Crippen molar-refractivity contribution >= 4 is 5.97 Å². The second-order valence-electron chi connectivity index (χ2n) is 5.75. The molecule has 0 aliphatic carbocycles. The molecule has 0 fully saturated rings. The lowest BCUT2D eigenvalue weighted by Gasteiger charge is -2.13. The van der Waals surface area contributed by atoms with Gasteiger partial charge in [0.25, 0.3) is 0 Å². The molecule has 0 aliphatic heterocycles. The van der Waals surface area contributed by atoms with E-state index >= 15 is 0 Å². The number of ether oxygens (including phenoxy) is 2. The average Bonchev–Trinajstić information content (AvgIpc) is 2.61. The van der Waals surface area contributed by atoms with Gasteiger partial charge in [-0.3, -0.25) is 0 Å². The number of hydrogen-bond donors (Lipinski definition) is 0. The first kappa shape index (κ1) is 17.8. The van der Waals surface area contributed by atoms with Gasteiger partial charge in [0.15, 0.2) is 0 Å². The molecule has 0 N–H and O–H groups in total. The first-order valence-electron chi connectivity index (χ1n) is 8.23. The summed E-state index contributed by atoms with van der Waals surface area (Å²) in [5.41, 5.74) is 3.89. The summed E-state index contributed by atoms with van der Waals surface area (Å²) in [6.45, 7) is 7.63. The quantitative estimate of drug-likeness (QED) is 0.535. The van der Waals surface area contributed by atoms with Crippen LogP contribution in [0.2, 0.25) is 0 Å². The lowest BCUT2D eigenvalue weighted by atomic mass is 10.0. The van der Waals surface area contributed by atoms with Crippen molar-refractivity contribution in [3.63, 3.8) is 0 Å². The monoisotopic (exact) mass is 324 g/mol. The fraction of sp³-hybridized carbons (Fsp3) is 0.286. The first-order chi connectivity index (χ1) is 11.6. The minimum absolute atomic E-state index is 0.313. The van der Waals surface area contributed by atoms with E-state index in [4.69, 9.17) is 9.47 Å². The second kappa shape index (κ2) is 8.92. The highest BCUT2D eigenvalue weighted by atomic mass is 16.6. The Kier molecular flexibility index (Phi) is 6.62. The molecule has 3 heteroatoms. The molecule has 2 aromatic carbocycles. The third-order valence-corrected chi connectivity index (χ3v) is 3.73. The SMILES string of the molecule is C=CC(=O)OC(C)COc1ccc(Cc2ccc(CC)cc2)cc1. The maximum atomic E-state index is 11.1. The van der Waals surface area contributed by atoms with Crippen molar-refractivity contribution in [1.29, 1.82) is 0 Å². The fourth-order valence-electron chi connectivity index (χ4n) is 2.33.